The van der Waals surface area contributed by atoms with Gasteiger partial charge in [0, 0.05) is 13.5 Å². The summed E-state index contributed by atoms with van der Waals surface area (Å²) < 4.78 is 1.62. The van der Waals surface area contributed by atoms with Crippen LogP contribution in [0.4, 0.5) is 5.82 Å². The Bertz CT molecular complexity index is 295. The molecule has 1 aromatic rings. The Balaban J connectivity index is 2.68. The van der Waals surface area contributed by atoms with Crippen LogP contribution in [-0.4, -0.2) is 27.4 Å². The van der Waals surface area contributed by atoms with E-state index in [1.807, 2.05) is 6.92 Å². The van der Waals surface area contributed by atoms with E-state index in [9.17, 15) is 4.79 Å². The first-order valence-corrected chi connectivity index (χ1v) is 4.03. The topological polar surface area (TPSA) is 85.8 Å². The van der Waals surface area contributed by atoms with Crippen LogP contribution in [0.2, 0.25) is 0 Å². The first kappa shape index (κ1) is 9.66. The van der Waals surface area contributed by atoms with Crippen LogP contribution in [0.5, 0.6) is 0 Å². The lowest BCUT2D eigenvalue weighted by atomic mass is 10.3. The van der Waals surface area contributed by atoms with Gasteiger partial charge in [-0.1, -0.05) is 5.21 Å². The summed E-state index contributed by atoms with van der Waals surface area (Å²) in [5.41, 5.74) is 5.44. The molecule has 3 N–H and O–H groups in total. The molecule has 1 atom stereocenters. The molecule has 13 heavy (non-hydrogen) atoms. The van der Waals surface area contributed by atoms with Gasteiger partial charge >= 0.3 is 0 Å². The van der Waals surface area contributed by atoms with Gasteiger partial charge < -0.3 is 11.1 Å². The van der Waals surface area contributed by atoms with Crippen LogP contribution in [0.15, 0.2) is 6.20 Å². The van der Waals surface area contributed by atoms with Gasteiger partial charge in [-0.25, -0.2) is 4.68 Å². The lowest BCUT2D eigenvalue weighted by molar-refractivity contribution is -0.114. The third kappa shape index (κ3) is 2.51. The van der Waals surface area contributed by atoms with Gasteiger partial charge in [-0.05, 0) is 6.92 Å². The molecule has 0 fully saturated rings. The van der Waals surface area contributed by atoms with Crippen LogP contribution in [0.1, 0.15) is 19.9 Å². The molecule has 0 saturated heterocycles. The fourth-order valence-electron chi connectivity index (χ4n) is 0.838. The molecule has 0 spiro atoms. The second kappa shape index (κ2) is 3.99. The van der Waals surface area contributed by atoms with E-state index in [4.69, 9.17) is 5.73 Å². The summed E-state index contributed by atoms with van der Waals surface area (Å²) >= 11 is 0. The summed E-state index contributed by atoms with van der Waals surface area (Å²) in [7, 11) is 0. The Labute approximate surface area is 76.1 Å². The van der Waals surface area contributed by atoms with Crippen molar-refractivity contribution in [1.29, 1.82) is 0 Å². The fourth-order valence-corrected chi connectivity index (χ4v) is 0.838. The quantitative estimate of drug-likeness (QED) is 0.677. The molecule has 0 aliphatic carbocycles. The highest BCUT2D eigenvalue weighted by Gasteiger charge is 2.06. The van der Waals surface area contributed by atoms with Crippen molar-refractivity contribution in [2.45, 2.75) is 19.9 Å². The Morgan fingerprint density at radius 1 is 1.85 bits per heavy atom. The summed E-state index contributed by atoms with van der Waals surface area (Å²) in [6.07, 6.45) is 1.65. The number of anilines is 1. The van der Waals surface area contributed by atoms with Gasteiger partial charge in [0.2, 0.25) is 5.91 Å². The average molecular weight is 183 g/mol. The number of hydrogen-bond acceptors (Lipinski definition) is 4. The van der Waals surface area contributed by atoms with Gasteiger partial charge in [0.05, 0.1) is 12.2 Å². The second-order valence-corrected chi connectivity index (χ2v) is 2.85. The molecule has 1 aromatic heterocycles. The van der Waals surface area contributed by atoms with Crippen molar-refractivity contribution in [3.63, 3.8) is 0 Å². The molecule has 1 unspecified atom stereocenters. The number of nitrogens with one attached hydrogen (secondary N) is 1. The summed E-state index contributed by atoms with van der Waals surface area (Å²) in [5.74, 6) is 0.292. The van der Waals surface area contributed by atoms with Crippen molar-refractivity contribution in [1.82, 2.24) is 15.0 Å². The van der Waals surface area contributed by atoms with E-state index in [1.54, 1.807) is 10.9 Å². The summed E-state index contributed by atoms with van der Waals surface area (Å²) in [5, 5.41) is 10.1. The average Bonchev–Trinajstić information content (AvgIpc) is 2.50. The van der Waals surface area contributed by atoms with Crippen molar-refractivity contribution in [2.24, 2.45) is 5.73 Å². The van der Waals surface area contributed by atoms with Crippen LogP contribution in [0, 0.1) is 0 Å². The van der Waals surface area contributed by atoms with Gasteiger partial charge in [0.1, 0.15) is 0 Å². The molecule has 0 aliphatic rings. The zero-order valence-corrected chi connectivity index (χ0v) is 7.69. The monoisotopic (exact) mass is 183 g/mol. The highest BCUT2D eigenvalue weighted by molar-refractivity contribution is 5.87. The highest BCUT2D eigenvalue weighted by Crippen LogP contribution is 2.05. The molecule has 0 radical (unpaired) electrons. The molecule has 1 amide bonds. The predicted molar refractivity (Wildman–Crippen MR) is 48.1 cm³/mol. The molecule has 6 nitrogen and oxygen atoms in total. The third-order valence-electron chi connectivity index (χ3n) is 1.61. The van der Waals surface area contributed by atoms with E-state index in [2.05, 4.69) is 15.6 Å². The Morgan fingerprint density at radius 2 is 2.54 bits per heavy atom. The van der Waals surface area contributed by atoms with E-state index >= 15 is 0 Å². The Hall–Kier alpha value is -1.43. The number of hydrogen-bond donors (Lipinski definition) is 2. The largest absolute Gasteiger partial charge is 0.328 e. The number of carbonyl (C=O) groups is 1. The second-order valence-electron chi connectivity index (χ2n) is 2.85. The molecule has 0 aliphatic heterocycles. The number of nitrogens with zero attached hydrogens (tertiary/aromatic N) is 3. The third-order valence-corrected chi connectivity index (χ3v) is 1.61. The maximum absolute atomic E-state index is 10.6. The zero-order valence-electron chi connectivity index (χ0n) is 7.69. The van der Waals surface area contributed by atoms with Crippen LogP contribution in [0.25, 0.3) is 0 Å². The van der Waals surface area contributed by atoms with Crippen molar-refractivity contribution in [2.75, 3.05) is 11.9 Å². The first-order valence-electron chi connectivity index (χ1n) is 4.03. The lowest BCUT2D eigenvalue weighted by Crippen LogP contribution is -2.16. The predicted octanol–water partition coefficient (Wildman–Crippen LogP) is -0.244. The number of amides is 1. The molecule has 1 heterocycles. The number of rotatable bonds is 3. The molecule has 0 aromatic carbocycles. The summed E-state index contributed by atoms with van der Waals surface area (Å²) in [4.78, 5) is 10.6. The van der Waals surface area contributed by atoms with Gasteiger partial charge in [-0.15, -0.1) is 5.10 Å². The van der Waals surface area contributed by atoms with Gasteiger partial charge in [-0.3, -0.25) is 4.79 Å². The molecule has 72 valence electrons. The zero-order chi connectivity index (χ0) is 9.84. The minimum absolute atomic E-state index is 0.0926. The smallest absolute Gasteiger partial charge is 0.222 e. The Kier molecular flexibility index (Phi) is 2.97. The summed E-state index contributed by atoms with van der Waals surface area (Å²) in [6, 6.07) is 0.0926. The maximum Gasteiger partial charge on any atom is 0.222 e. The van der Waals surface area contributed by atoms with Crippen molar-refractivity contribution in [3.05, 3.63) is 6.20 Å². The van der Waals surface area contributed by atoms with E-state index in [1.165, 1.54) is 6.92 Å². The van der Waals surface area contributed by atoms with E-state index in [0.29, 0.717) is 12.4 Å². The maximum atomic E-state index is 10.6. The molecule has 0 saturated carbocycles. The molecular weight excluding hydrogens is 170 g/mol. The minimum atomic E-state index is -0.160. The molecular formula is C7H13N5O. The molecule has 1 rings (SSSR count). The number of aromatic nitrogens is 3. The van der Waals surface area contributed by atoms with E-state index in [0.717, 1.165) is 0 Å². The van der Waals surface area contributed by atoms with Crippen LogP contribution in [0.3, 0.4) is 0 Å². The number of carbonyl (C=O) groups excluding carboxylic acids is 1. The summed E-state index contributed by atoms with van der Waals surface area (Å²) in [6.45, 7) is 3.83. The van der Waals surface area contributed by atoms with Crippen molar-refractivity contribution < 1.29 is 4.79 Å². The van der Waals surface area contributed by atoms with Crippen LogP contribution in [-0.2, 0) is 4.79 Å². The lowest BCUT2D eigenvalue weighted by Gasteiger charge is -2.05. The minimum Gasteiger partial charge on any atom is -0.328 e. The van der Waals surface area contributed by atoms with Crippen molar-refractivity contribution in [3.8, 4) is 0 Å². The van der Waals surface area contributed by atoms with Crippen molar-refractivity contribution >= 4 is 11.7 Å². The Morgan fingerprint density at radius 3 is 3.08 bits per heavy atom. The first-order chi connectivity index (χ1) is 6.13. The highest BCUT2D eigenvalue weighted by atomic mass is 16.1. The van der Waals surface area contributed by atoms with E-state index < -0.39 is 0 Å². The van der Waals surface area contributed by atoms with Gasteiger partial charge in [0.15, 0.2) is 5.82 Å². The fraction of sp³-hybridized carbons (Fsp3) is 0.571. The van der Waals surface area contributed by atoms with Crippen LogP contribution < -0.4 is 11.1 Å². The normalized spacial score (nSPS) is 12.5. The van der Waals surface area contributed by atoms with Gasteiger partial charge in [-0.2, -0.15) is 0 Å². The SMILES string of the molecule is CC(=O)Nc1cn(C(C)CN)nn1. The van der Waals surface area contributed by atoms with Crippen LogP contribution >= 0.6 is 0 Å². The molecule has 6 heteroatoms. The van der Waals surface area contributed by atoms with E-state index in [-0.39, 0.29) is 11.9 Å². The van der Waals surface area contributed by atoms with Gasteiger partial charge in [0.25, 0.3) is 0 Å². The number of nitrogens with two attached hydrogens (primary N) is 1. The standard InChI is InChI=1S/C7H13N5O/c1-5(3-8)12-4-7(10-11-12)9-6(2)13/h4-5H,3,8H2,1-2H3,(H,9,13). The molecule has 0 bridgehead atoms.